The number of urea groups is 1. The highest BCUT2D eigenvalue weighted by Gasteiger charge is 2.18. The molecular formula is C28H35N7O3. The lowest BCUT2D eigenvalue weighted by Crippen LogP contribution is -2.40. The van der Waals surface area contributed by atoms with Crippen LogP contribution in [0, 0.1) is 0 Å². The number of amides is 3. The van der Waals surface area contributed by atoms with Gasteiger partial charge in [-0.05, 0) is 55.7 Å². The van der Waals surface area contributed by atoms with E-state index in [9.17, 15) is 14.7 Å². The minimum atomic E-state index is -0.303. The van der Waals surface area contributed by atoms with Gasteiger partial charge in [-0.25, -0.2) is 9.78 Å². The molecule has 10 heteroatoms. The first kappa shape index (κ1) is 27.0. The van der Waals surface area contributed by atoms with Crippen molar-refractivity contribution in [3.63, 3.8) is 0 Å². The lowest BCUT2D eigenvalue weighted by atomic mass is 10.1. The van der Waals surface area contributed by atoms with Gasteiger partial charge in [-0.3, -0.25) is 9.78 Å². The van der Waals surface area contributed by atoms with Crippen LogP contribution in [0.2, 0.25) is 0 Å². The van der Waals surface area contributed by atoms with E-state index in [4.69, 9.17) is 4.98 Å². The normalized spacial score (nSPS) is 14.1. The molecule has 1 fully saturated rings. The molecule has 1 saturated heterocycles. The summed E-state index contributed by atoms with van der Waals surface area (Å²) in [6.07, 6.45) is 4.75. The van der Waals surface area contributed by atoms with E-state index < -0.39 is 0 Å². The van der Waals surface area contributed by atoms with E-state index in [1.807, 2.05) is 49.4 Å². The van der Waals surface area contributed by atoms with Crippen LogP contribution in [-0.4, -0.2) is 70.7 Å². The molecule has 0 radical (unpaired) electrons. The first-order valence-electron chi connectivity index (χ1n) is 13.0. The van der Waals surface area contributed by atoms with Crippen LogP contribution in [0.1, 0.15) is 35.7 Å². The number of pyridine rings is 2. The van der Waals surface area contributed by atoms with Crippen LogP contribution >= 0.6 is 0 Å². The van der Waals surface area contributed by atoms with Gasteiger partial charge in [-0.1, -0.05) is 18.2 Å². The molecule has 3 heterocycles. The van der Waals surface area contributed by atoms with E-state index in [1.165, 1.54) is 0 Å². The molecule has 1 aliphatic rings. The number of nitrogens with zero attached hydrogens (tertiary/aromatic N) is 3. The first-order valence-corrected chi connectivity index (χ1v) is 13.0. The predicted octanol–water partition coefficient (Wildman–Crippen LogP) is 3.08. The van der Waals surface area contributed by atoms with Gasteiger partial charge in [0.15, 0.2) is 0 Å². The van der Waals surface area contributed by atoms with Crippen molar-refractivity contribution < 1.29 is 14.7 Å². The minimum Gasteiger partial charge on any atom is -0.393 e. The fourth-order valence-electron chi connectivity index (χ4n) is 4.26. The maximum absolute atomic E-state index is 12.9. The van der Waals surface area contributed by atoms with Crippen LogP contribution in [0.3, 0.4) is 0 Å². The molecule has 10 nitrogen and oxygen atoms in total. The maximum Gasteiger partial charge on any atom is 0.319 e. The Hall–Kier alpha value is -4.02. The molecule has 1 aromatic carbocycles. The minimum absolute atomic E-state index is 0.172. The summed E-state index contributed by atoms with van der Waals surface area (Å²) in [4.78, 5) is 36.1. The first-order chi connectivity index (χ1) is 18.5. The third-order valence-corrected chi connectivity index (χ3v) is 6.37. The van der Waals surface area contributed by atoms with Crippen LogP contribution in [-0.2, 0) is 6.54 Å². The van der Waals surface area contributed by atoms with E-state index in [2.05, 4.69) is 31.2 Å². The second kappa shape index (κ2) is 13.5. The van der Waals surface area contributed by atoms with Crippen LogP contribution in [0.15, 0.2) is 60.9 Å². The van der Waals surface area contributed by atoms with Gasteiger partial charge in [0, 0.05) is 62.9 Å². The van der Waals surface area contributed by atoms with Crippen molar-refractivity contribution in [2.24, 2.45) is 0 Å². The average molecular weight is 518 g/mol. The number of anilines is 2. The molecule has 0 bridgehead atoms. The lowest BCUT2D eigenvalue weighted by molar-refractivity contribution is 0.0804. The molecule has 38 heavy (non-hydrogen) atoms. The molecule has 5 N–H and O–H groups in total. The number of rotatable bonds is 10. The lowest BCUT2D eigenvalue weighted by Gasteiger charge is -2.29. The Bertz CT molecular complexity index is 1200. The zero-order chi connectivity index (χ0) is 26.7. The molecule has 0 spiro atoms. The molecular weight excluding hydrogens is 482 g/mol. The standard InChI is InChI=1S/C28H35N7O3/c1-2-30-26-24(27(37)31-14-17-35-15-11-23(36)12-16-35)9-10-25(34-26)21-5-7-22(8-6-21)33-28(38)32-19-20-4-3-13-29-18-20/h3-10,13,18,23,36H,2,11-12,14-17,19H2,1H3,(H,30,34)(H,31,37)(H2,32,33,38). The number of carbonyl (C=O) groups is 2. The SMILES string of the molecule is CCNc1nc(-c2ccc(NC(=O)NCc3cccnc3)cc2)ccc1C(=O)NCCN1CCC(O)CC1. The number of aromatic nitrogens is 2. The van der Waals surface area contributed by atoms with Crippen molar-refractivity contribution in [3.8, 4) is 11.3 Å². The Morgan fingerprint density at radius 1 is 1.05 bits per heavy atom. The number of hydrogen-bond acceptors (Lipinski definition) is 7. The summed E-state index contributed by atoms with van der Waals surface area (Å²) in [5.74, 6) is 0.356. The molecule has 2 aromatic heterocycles. The summed E-state index contributed by atoms with van der Waals surface area (Å²) in [5, 5.41) is 21.5. The van der Waals surface area contributed by atoms with Crippen LogP contribution in [0.4, 0.5) is 16.3 Å². The topological polar surface area (TPSA) is 132 Å². The summed E-state index contributed by atoms with van der Waals surface area (Å²) in [7, 11) is 0. The Kier molecular flexibility index (Phi) is 9.60. The van der Waals surface area contributed by atoms with E-state index in [-0.39, 0.29) is 18.0 Å². The molecule has 0 saturated carbocycles. The van der Waals surface area contributed by atoms with Crippen molar-refractivity contribution >= 4 is 23.4 Å². The van der Waals surface area contributed by atoms with Gasteiger partial charge in [0.05, 0.1) is 17.4 Å². The fourth-order valence-corrected chi connectivity index (χ4v) is 4.26. The van der Waals surface area contributed by atoms with Crippen molar-refractivity contribution in [1.82, 2.24) is 25.5 Å². The van der Waals surface area contributed by atoms with E-state index >= 15 is 0 Å². The summed E-state index contributed by atoms with van der Waals surface area (Å²) < 4.78 is 0. The van der Waals surface area contributed by atoms with Gasteiger partial charge in [-0.2, -0.15) is 0 Å². The smallest absolute Gasteiger partial charge is 0.319 e. The zero-order valence-electron chi connectivity index (χ0n) is 21.6. The molecule has 0 unspecified atom stereocenters. The van der Waals surface area contributed by atoms with Crippen molar-refractivity contribution in [3.05, 3.63) is 72.1 Å². The summed E-state index contributed by atoms with van der Waals surface area (Å²) in [5.41, 5.74) is 3.65. The fraction of sp³-hybridized carbons (Fsp3) is 0.357. The van der Waals surface area contributed by atoms with Crippen molar-refractivity contribution in [1.29, 1.82) is 0 Å². The van der Waals surface area contributed by atoms with Crippen LogP contribution in [0.5, 0.6) is 0 Å². The Morgan fingerprint density at radius 2 is 1.84 bits per heavy atom. The zero-order valence-corrected chi connectivity index (χ0v) is 21.6. The van der Waals surface area contributed by atoms with Gasteiger partial charge >= 0.3 is 6.03 Å². The molecule has 1 aliphatic heterocycles. The van der Waals surface area contributed by atoms with Gasteiger partial charge in [0.1, 0.15) is 5.82 Å². The number of carbonyl (C=O) groups excluding carboxylic acids is 2. The molecule has 3 amide bonds. The number of piperidine rings is 1. The summed E-state index contributed by atoms with van der Waals surface area (Å²) >= 11 is 0. The number of aliphatic hydroxyl groups excluding tert-OH is 1. The third-order valence-electron chi connectivity index (χ3n) is 6.37. The van der Waals surface area contributed by atoms with Gasteiger partial charge < -0.3 is 31.3 Å². The maximum atomic E-state index is 12.9. The van der Waals surface area contributed by atoms with Crippen molar-refractivity contribution in [2.75, 3.05) is 43.4 Å². The number of hydrogen-bond donors (Lipinski definition) is 5. The Labute approximate surface area is 222 Å². The Morgan fingerprint density at radius 3 is 2.55 bits per heavy atom. The number of likely N-dealkylation sites (tertiary alicyclic amines) is 1. The van der Waals surface area contributed by atoms with Crippen molar-refractivity contribution in [2.45, 2.75) is 32.4 Å². The van der Waals surface area contributed by atoms with Gasteiger partial charge in [0.2, 0.25) is 0 Å². The van der Waals surface area contributed by atoms with Gasteiger partial charge in [0.25, 0.3) is 5.91 Å². The molecule has 200 valence electrons. The Balaban J connectivity index is 1.33. The predicted molar refractivity (Wildman–Crippen MR) is 148 cm³/mol. The second-order valence-electron chi connectivity index (χ2n) is 9.20. The number of benzene rings is 1. The summed E-state index contributed by atoms with van der Waals surface area (Å²) in [6, 6.07) is 14.4. The largest absolute Gasteiger partial charge is 0.393 e. The molecule has 0 aliphatic carbocycles. The molecule has 4 rings (SSSR count). The molecule has 3 aromatic rings. The second-order valence-corrected chi connectivity index (χ2v) is 9.20. The van der Waals surface area contributed by atoms with Crippen LogP contribution < -0.4 is 21.3 Å². The number of nitrogens with one attached hydrogen (secondary N) is 4. The highest BCUT2D eigenvalue weighted by molar-refractivity contribution is 5.99. The third kappa shape index (κ3) is 7.74. The number of aliphatic hydroxyl groups is 1. The average Bonchev–Trinajstić information content (AvgIpc) is 2.94. The molecule has 0 atom stereocenters. The quantitative estimate of drug-likeness (QED) is 0.279. The van der Waals surface area contributed by atoms with E-state index in [0.717, 1.165) is 49.3 Å². The highest BCUT2D eigenvalue weighted by atomic mass is 16.3. The van der Waals surface area contributed by atoms with Crippen LogP contribution in [0.25, 0.3) is 11.3 Å². The highest BCUT2D eigenvalue weighted by Crippen LogP contribution is 2.24. The van der Waals surface area contributed by atoms with E-state index in [1.54, 1.807) is 18.5 Å². The van der Waals surface area contributed by atoms with E-state index in [0.29, 0.717) is 36.7 Å². The summed E-state index contributed by atoms with van der Waals surface area (Å²) in [6.45, 7) is 5.96. The monoisotopic (exact) mass is 517 g/mol. The van der Waals surface area contributed by atoms with Gasteiger partial charge in [-0.15, -0.1) is 0 Å².